The van der Waals surface area contributed by atoms with Gasteiger partial charge in [0.25, 0.3) is 11.8 Å². The summed E-state index contributed by atoms with van der Waals surface area (Å²) in [6.45, 7) is 3.44. The van der Waals surface area contributed by atoms with Gasteiger partial charge in [0, 0.05) is 36.2 Å². The monoisotopic (exact) mass is 460 g/mol. The highest BCUT2D eigenvalue weighted by molar-refractivity contribution is 9.10. The third-order valence-corrected chi connectivity index (χ3v) is 5.55. The number of carbonyl (C=O) groups excluding carboxylic acids is 1. The molecule has 0 N–H and O–H groups in total. The number of amides is 1. The Hall–Kier alpha value is -2.22. The van der Waals surface area contributed by atoms with Crippen LogP contribution < -0.4 is 0 Å². The van der Waals surface area contributed by atoms with Crippen LogP contribution in [0.4, 0.5) is 0 Å². The minimum atomic E-state index is 0.0627. The van der Waals surface area contributed by atoms with Crippen molar-refractivity contribution >= 4 is 33.4 Å². The van der Waals surface area contributed by atoms with Gasteiger partial charge in [0.1, 0.15) is 0 Å². The van der Waals surface area contributed by atoms with Crippen molar-refractivity contribution in [2.45, 2.75) is 6.54 Å². The van der Waals surface area contributed by atoms with Crippen LogP contribution >= 0.6 is 27.5 Å². The van der Waals surface area contributed by atoms with Gasteiger partial charge in [0.15, 0.2) is 5.82 Å². The third-order valence-electron chi connectivity index (χ3n) is 4.69. The van der Waals surface area contributed by atoms with E-state index in [0.29, 0.717) is 41.9 Å². The van der Waals surface area contributed by atoms with Crippen LogP contribution in [0.25, 0.3) is 11.5 Å². The number of hydrogen-bond acceptors (Lipinski definition) is 5. The van der Waals surface area contributed by atoms with Crippen LogP contribution in [-0.4, -0.2) is 52.0 Å². The highest BCUT2D eigenvalue weighted by Crippen LogP contribution is 2.26. The van der Waals surface area contributed by atoms with Crippen LogP contribution in [0.15, 0.2) is 57.5 Å². The molecule has 0 atom stereocenters. The third kappa shape index (κ3) is 4.27. The fourth-order valence-corrected chi connectivity index (χ4v) is 3.63. The molecule has 28 heavy (non-hydrogen) atoms. The summed E-state index contributed by atoms with van der Waals surface area (Å²) in [5.74, 6) is 1.10. The maximum atomic E-state index is 12.6. The summed E-state index contributed by atoms with van der Waals surface area (Å²) in [6.07, 6.45) is 0. The molecule has 1 aliphatic heterocycles. The van der Waals surface area contributed by atoms with E-state index in [0.717, 1.165) is 23.1 Å². The first kappa shape index (κ1) is 19.1. The summed E-state index contributed by atoms with van der Waals surface area (Å²) < 4.78 is 6.32. The van der Waals surface area contributed by atoms with E-state index in [9.17, 15) is 4.79 Å². The number of rotatable bonds is 4. The zero-order valence-corrected chi connectivity index (χ0v) is 17.4. The van der Waals surface area contributed by atoms with Crippen molar-refractivity contribution in [2.75, 3.05) is 26.2 Å². The van der Waals surface area contributed by atoms with Crippen molar-refractivity contribution in [1.29, 1.82) is 0 Å². The number of hydrogen-bond donors (Lipinski definition) is 0. The Morgan fingerprint density at radius 3 is 2.50 bits per heavy atom. The molecule has 1 saturated heterocycles. The molecule has 0 unspecified atom stereocenters. The van der Waals surface area contributed by atoms with E-state index in [4.69, 9.17) is 16.1 Å². The smallest absolute Gasteiger partial charge is 0.259 e. The molecule has 3 aromatic rings. The molecular formula is C20H18BrClN4O2. The Kier molecular flexibility index (Phi) is 5.75. The first-order chi connectivity index (χ1) is 13.6. The standard InChI is InChI=1S/C20H18BrClN4O2/c21-15-7-5-14(6-8-15)20(27)26-11-9-25(10-12-26)13-18-23-19(28-24-18)16-3-1-2-4-17(16)22/h1-8H,9-13H2. The van der Waals surface area contributed by atoms with E-state index < -0.39 is 0 Å². The predicted molar refractivity (Wildman–Crippen MR) is 110 cm³/mol. The van der Waals surface area contributed by atoms with Gasteiger partial charge in [-0.05, 0) is 36.4 Å². The lowest BCUT2D eigenvalue weighted by molar-refractivity contribution is 0.0624. The lowest BCUT2D eigenvalue weighted by atomic mass is 10.2. The number of piperazine rings is 1. The summed E-state index contributed by atoms with van der Waals surface area (Å²) in [4.78, 5) is 21.2. The van der Waals surface area contributed by atoms with Crippen molar-refractivity contribution in [3.05, 3.63) is 69.4 Å². The normalized spacial score (nSPS) is 15.0. The first-order valence-electron chi connectivity index (χ1n) is 8.95. The lowest BCUT2D eigenvalue weighted by Gasteiger charge is -2.34. The minimum absolute atomic E-state index is 0.0627. The van der Waals surface area contributed by atoms with E-state index in [-0.39, 0.29) is 5.91 Å². The second-order valence-corrected chi connectivity index (χ2v) is 7.89. The molecule has 2 heterocycles. The van der Waals surface area contributed by atoms with Crippen molar-refractivity contribution in [3.8, 4) is 11.5 Å². The molecule has 6 nitrogen and oxygen atoms in total. The maximum absolute atomic E-state index is 12.6. The van der Waals surface area contributed by atoms with Crippen LogP contribution in [-0.2, 0) is 6.54 Å². The fourth-order valence-electron chi connectivity index (χ4n) is 3.15. The zero-order valence-electron chi connectivity index (χ0n) is 15.0. The minimum Gasteiger partial charge on any atom is -0.336 e. The van der Waals surface area contributed by atoms with Gasteiger partial charge < -0.3 is 9.42 Å². The molecule has 0 aliphatic carbocycles. The van der Waals surface area contributed by atoms with Gasteiger partial charge in [0.05, 0.1) is 17.1 Å². The van der Waals surface area contributed by atoms with Crippen LogP contribution in [0.2, 0.25) is 5.02 Å². The van der Waals surface area contributed by atoms with Crippen LogP contribution in [0, 0.1) is 0 Å². The van der Waals surface area contributed by atoms with Crippen molar-refractivity contribution in [2.24, 2.45) is 0 Å². The number of benzene rings is 2. The van der Waals surface area contributed by atoms with E-state index in [1.54, 1.807) is 6.07 Å². The van der Waals surface area contributed by atoms with Crippen LogP contribution in [0.1, 0.15) is 16.2 Å². The molecule has 144 valence electrons. The molecule has 0 radical (unpaired) electrons. The van der Waals surface area contributed by atoms with Crippen LogP contribution in [0.3, 0.4) is 0 Å². The van der Waals surface area contributed by atoms with E-state index >= 15 is 0 Å². The van der Waals surface area contributed by atoms with Gasteiger partial charge >= 0.3 is 0 Å². The summed E-state index contributed by atoms with van der Waals surface area (Å²) >= 11 is 9.58. The first-order valence-corrected chi connectivity index (χ1v) is 10.1. The lowest BCUT2D eigenvalue weighted by Crippen LogP contribution is -2.48. The molecule has 1 fully saturated rings. The Bertz CT molecular complexity index is 968. The summed E-state index contributed by atoms with van der Waals surface area (Å²) in [6, 6.07) is 14.8. The molecule has 0 saturated carbocycles. The van der Waals surface area contributed by atoms with Gasteiger partial charge in [-0.2, -0.15) is 4.98 Å². The topological polar surface area (TPSA) is 62.5 Å². The molecule has 0 spiro atoms. The molecule has 8 heteroatoms. The van der Waals surface area contributed by atoms with E-state index in [1.807, 2.05) is 47.4 Å². The molecule has 0 bridgehead atoms. The second-order valence-electron chi connectivity index (χ2n) is 6.57. The number of aromatic nitrogens is 2. The van der Waals surface area contributed by atoms with Gasteiger partial charge in [-0.3, -0.25) is 9.69 Å². The highest BCUT2D eigenvalue weighted by Gasteiger charge is 2.23. The molecule has 1 aliphatic rings. The Morgan fingerprint density at radius 1 is 1.07 bits per heavy atom. The number of carbonyl (C=O) groups is 1. The van der Waals surface area contributed by atoms with Crippen LogP contribution in [0.5, 0.6) is 0 Å². The Labute approximate surface area is 176 Å². The fraction of sp³-hybridized carbons (Fsp3) is 0.250. The average molecular weight is 462 g/mol. The molecule has 1 amide bonds. The maximum Gasteiger partial charge on any atom is 0.259 e. The molecule has 1 aromatic heterocycles. The molecule has 2 aromatic carbocycles. The van der Waals surface area contributed by atoms with Crippen molar-refractivity contribution in [3.63, 3.8) is 0 Å². The quantitative estimate of drug-likeness (QED) is 0.585. The second kappa shape index (κ2) is 8.43. The number of nitrogens with zero attached hydrogens (tertiary/aromatic N) is 4. The van der Waals surface area contributed by atoms with Gasteiger partial charge in [-0.25, -0.2) is 0 Å². The summed E-state index contributed by atoms with van der Waals surface area (Å²) in [5.41, 5.74) is 1.44. The average Bonchev–Trinajstić information content (AvgIpc) is 3.17. The summed E-state index contributed by atoms with van der Waals surface area (Å²) in [7, 11) is 0. The van der Waals surface area contributed by atoms with Gasteiger partial charge in [0.2, 0.25) is 0 Å². The molecule has 4 rings (SSSR count). The van der Waals surface area contributed by atoms with E-state index in [2.05, 4.69) is 31.0 Å². The largest absolute Gasteiger partial charge is 0.336 e. The highest BCUT2D eigenvalue weighted by atomic mass is 79.9. The van der Waals surface area contributed by atoms with Gasteiger partial charge in [-0.15, -0.1) is 0 Å². The Balaban J connectivity index is 1.34. The predicted octanol–water partition coefficient (Wildman–Crippen LogP) is 4.11. The van der Waals surface area contributed by atoms with Crippen molar-refractivity contribution in [1.82, 2.24) is 19.9 Å². The van der Waals surface area contributed by atoms with E-state index in [1.165, 1.54) is 0 Å². The zero-order chi connectivity index (χ0) is 19.5. The molecular weight excluding hydrogens is 444 g/mol. The van der Waals surface area contributed by atoms with Crippen molar-refractivity contribution < 1.29 is 9.32 Å². The van der Waals surface area contributed by atoms with Gasteiger partial charge in [-0.1, -0.05) is 44.8 Å². The number of halogens is 2. The Morgan fingerprint density at radius 2 is 1.79 bits per heavy atom. The summed E-state index contributed by atoms with van der Waals surface area (Å²) in [5, 5.41) is 4.65. The SMILES string of the molecule is O=C(c1ccc(Br)cc1)N1CCN(Cc2noc(-c3ccccc3Cl)n2)CC1.